The maximum atomic E-state index is 13.2. The number of nitrogens with zero attached hydrogens (tertiary/aromatic N) is 4. The summed E-state index contributed by atoms with van der Waals surface area (Å²) in [6, 6.07) is 13.2. The monoisotopic (exact) mass is 424 g/mol. The number of fused-ring (bicyclic) bond motifs is 1. The minimum atomic E-state index is -0.431. The molecule has 2 aromatic carbocycles. The van der Waals surface area contributed by atoms with Crippen LogP contribution in [0.3, 0.4) is 0 Å². The Morgan fingerprint density at radius 3 is 2.27 bits per heavy atom. The topological polar surface area (TPSA) is 71.1 Å². The number of hydrogen-bond donors (Lipinski definition) is 0. The van der Waals surface area contributed by atoms with Crippen molar-refractivity contribution in [3.8, 4) is 11.8 Å². The van der Waals surface area contributed by atoms with Crippen molar-refractivity contribution in [1.82, 2.24) is 18.7 Å². The second-order valence-corrected chi connectivity index (χ2v) is 7.70. The molecule has 0 saturated heterocycles. The molecule has 0 saturated carbocycles. The third-order valence-corrected chi connectivity index (χ3v) is 5.72. The molecule has 2 heterocycles. The van der Waals surface area contributed by atoms with Gasteiger partial charge in [0, 0.05) is 19.1 Å². The molecule has 0 aliphatic heterocycles. The Bertz CT molecular complexity index is 1360. The molecule has 0 unspecified atom stereocenters. The van der Waals surface area contributed by atoms with Gasteiger partial charge in [0.25, 0.3) is 5.56 Å². The van der Waals surface area contributed by atoms with Crippen molar-refractivity contribution in [2.45, 2.75) is 20.4 Å². The lowest BCUT2D eigenvalue weighted by molar-refractivity contribution is 0.427. The maximum Gasteiger partial charge on any atom is 0.332 e. The Hall–Kier alpha value is -3.32. The van der Waals surface area contributed by atoms with E-state index in [1.807, 2.05) is 44.2 Å². The summed E-state index contributed by atoms with van der Waals surface area (Å²) in [6.45, 7) is 3.96. The van der Waals surface area contributed by atoms with Gasteiger partial charge >= 0.3 is 11.7 Å². The molecule has 0 fully saturated rings. The maximum absolute atomic E-state index is 13.2. The molecule has 0 aliphatic carbocycles. The molecule has 0 atom stereocenters. The molecular weight excluding hydrogens is 404 g/mol. The molecule has 0 N–H and O–H groups in total. The van der Waals surface area contributed by atoms with Gasteiger partial charge in [-0.25, -0.2) is 4.79 Å². The standard InChI is InChI=1S/C22H21ClN4O3/c1-13-10-16(11-14(2)17(13)23)30-21-24-19-18(25(21)3)20(28)27(22(29)26(19)4)12-15-8-6-5-7-9-15/h5-11H,12H2,1-4H3. The molecule has 154 valence electrons. The number of hydrogen-bond acceptors (Lipinski definition) is 4. The SMILES string of the molecule is Cc1cc(Oc2nc3c(c(=O)n(Cc4ccccc4)c(=O)n3C)n2C)cc(C)c1Cl. The van der Waals surface area contributed by atoms with Crippen molar-refractivity contribution in [1.29, 1.82) is 0 Å². The van der Waals surface area contributed by atoms with Crippen LogP contribution in [-0.2, 0) is 20.6 Å². The van der Waals surface area contributed by atoms with E-state index in [1.165, 1.54) is 9.13 Å². The van der Waals surface area contributed by atoms with Crippen LogP contribution in [0.2, 0.25) is 5.02 Å². The van der Waals surface area contributed by atoms with Crippen LogP contribution in [0, 0.1) is 13.8 Å². The minimum Gasteiger partial charge on any atom is -0.425 e. The van der Waals surface area contributed by atoms with E-state index in [0.29, 0.717) is 16.3 Å². The van der Waals surface area contributed by atoms with Gasteiger partial charge in [-0.15, -0.1) is 0 Å². The van der Waals surface area contributed by atoms with Crippen molar-refractivity contribution in [3.05, 3.63) is 85.0 Å². The molecule has 0 bridgehead atoms. The molecule has 0 spiro atoms. The molecular formula is C22H21ClN4O3. The van der Waals surface area contributed by atoms with Crippen molar-refractivity contribution >= 4 is 22.8 Å². The summed E-state index contributed by atoms with van der Waals surface area (Å²) in [5.74, 6) is 0.558. The van der Waals surface area contributed by atoms with Crippen molar-refractivity contribution in [3.63, 3.8) is 0 Å². The van der Waals surface area contributed by atoms with E-state index in [9.17, 15) is 9.59 Å². The molecule has 7 nitrogen and oxygen atoms in total. The summed E-state index contributed by atoms with van der Waals surface area (Å²) < 4.78 is 10.1. The van der Waals surface area contributed by atoms with Crippen LogP contribution >= 0.6 is 11.6 Å². The van der Waals surface area contributed by atoms with E-state index in [2.05, 4.69) is 4.98 Å². The molecule has 4 aromatic rings. The van der Waals surface area contributed by atoms with E-state index >= 15 is 0 Å². The predicted octanol–water partition coefficient (Wildman–Crippen LogP) is 3.54. The van der Waals surface area contributed by atoms with Crippen LogP contribution < -0.4 is 16.0 Å². The highest BCUT2D eigenvalue weighted by molar-refractivity contribution is 6.32. The average molecular weight is 425 g/mol. The van der Waals surface area contributed by atoms with Gasteiger partial charge in [0.05, 0.1) is 6.54 Å². The highest BCUT2D eigenvalue weighted by Gasteiger charge is 2.20. The number of benzene rings is 2. The zero-order valence-electron chi connectivity index (χ0n) is 17.1. The summed E-state index contributed by atoms with van der Waals surface area (Å²) in [5.41, 5.74) is 2.34. The molecule has 0 radical (unpaired) electrons. The second-order valence-electron chi connectivity index (χ2n) is 7.32. The average Bonchev–Trinajstić information content (AvgIpc) is 3.05. The van der Waals surface area contributed by atoms with Crippen LogP contribution in [-0.4, -0.2) is 18.7 Å². The third kappa shape index (κ3) is 3.31. The first kappa shape index (κ1) is 20.0. The van der Waals surface area contributed by atoms with Gasteiger partial charge in [-0.05, 0) is 42.7 Å². The van der Waals surface area contributed by atoms with Crippen molar-refractivity contribution in [2.75, 3.05) is 0 Å². The fourth-order valence-corrected chi connectivity index (χ4v) is 3.60. The van der Waals surface area contributed by atoms with E-state index < -0.39 is 11.2 Å². The molecule has 8 heteroatoms. The Labute approximate surface area is 177 Å². The van der Waals surface area contributed by atoms with E-state index in [1.54, 1.807) is 30.8 Å². The first-order chi connectivity index (χ1) is 14.3. The summed E-state index contributed by atoms with van der Waals surface area (Å²) in [7, 11) is 3.29. The normalized spacial score (nSPS) is 11.2. The number of ether oxygens (including phenoxy) is 1. The Morgan fingerprint density at radius 1 is 1.00 bits per heavy atom. The number of halogens is 1. The van der Waals surface area contributed by atoms with Crippen LogP contribution in [0.15, 0.2) is 52.1 Å². The fraction of sp³-hybridized carbons (Fsp3) is 0.227. The summed E-state index contributed by atoms with van der Waals surface area (Å²) in [6.07, 6.45) is 0. The van der Waals surface area contributed by atoms with Crippen LogP contribution in [0.5, 0.6) is 11.8 Å². The first-order valence-electron chi connectivity index (χ1n) is 9.42. The molecule has 4 rings (SSSR count). The third-order valence-electron chi connectivity index (χ3n) is 5.12. The van der Waals surface area contributed by atoms with Gasteiger partial charge in [0.15, 0.2) is 11.2 Å². The minimum absolute atomic E-state index is 0.180. The van der Waals surface area contributed by atoms with Gasteiger partial charge in [-0.3, -0.25) is 18.5 Å². The zero-order chi connectivity index (χ0) is 21.6. The largest absolute Gasteiger partial charge is 0.425 e. The molecule has 0 amide bonds. The number of rotatable bonds is 4. The van der Waals surface area contributed by atoms with E-state index in [-0.39, 0.29) is 18.2 Å². The van der Waals surface area contributed by atoms with Crippen LogP contribution in [0.1, 0.15) is 16.7 Å². The predicted molar refractivity (Wildman–Crippen MR) is 117 cm³/mol. The highest BCUT2D eigenvalue weighted by Crippen LogP contribution is 2.29. The quantitative estimate of drug-likeness (QED) is 0.502. The van der Waals surface area contributed by atoms with E-state index in [4.69, 9.17) is 16.3 Å². The second kappa shape index (κ2) is 7.50. The zero-order valence-corrected chi connectivity index (χ0v) is 17.9. The number of imidazole rings is 1. The molecule has 30 heavy (non-hydrogen) atoms. The fourth-order valence-electron chi connectivity index (χ4n) is 3.49. The van der Waals surface area contributed by atoms with Crippen LogP contribution in [0.4, 0.5) is 0 Å². The first-order valence-corrected chi connectivity index (χ1v) is 9.80. The molecule has 2 aromatic heterocycles. The smallest absolute Gasteiger partial charge is 0.332 e. The van der Waals surface area contributed by atoms with Crippen molar-refractivity contribution in [2.24, 2.45) is 14.1 Å². The summed E-state index contributed by atoms with van der Waals surface area (Å²) in [4.78, 5) is 30.4. The lowest BCUT2D eigenvalue weighted by Crippen LogP contribution is -2.39. The van der Waals surface area contributed by atoms with Gasteiger partial charge in [0.1, 0.15) is 5.75 Å². The number of aromatic nitrogens is 4. The Balaban J connectivity index is 1.84. The Kier molecular flexibility index (Phi) is 4.99. The van der Waals surface area contributed by atoms with Gasteiger partial charge in [0.2, 0.25) is 0 Å². The Morgan fingerprint density at radius 2 is 1.63 bits per heavy atom. The highest BCUT2D eigenvalue weighted by atomic mass is 35.5. The van der Waals surface area contributed by atoms with Gasteiger partial charge < -0.3 is 4.74 Å². The van der Waals surface area contributed by atoms with Crippen LogP contribution in [0.25, 0.3) is 11.2 Å². The van der Waals surface area contributed by atoms with Gasteiger partial charge in [-0.1, -0.05) is 41.9 Å². The lowest BCUT2D eigenvalue weighted by atomic mass is 10.1. The van der Waals surface area contributed by atoms with Gasteiger partial charge in [-0.2, -0.15) is 4.98 Å². The summed E-state index contributed by atoms with van der Waals surface area (Å²) >= 11 is 6.23. The summed E-state index contributed by atoms with van der Waals surface area (Å²) in [5, 5.41) is 0.679. The van der Waals surface area contributed by atoms with E-state index in [0.717, 1.165) is 16.7 Å². The molecule has 0 aliphatic rings. The lowest BCUT2D eigenvalue weighted by Gasteiger charge is -2.09. The van der Waals surface area contributed by atoms with Crippen molar-refractivity contribution < 1.29 is 4.74 Å². The number of aryl methyl sites for hydroxylation is 4.